The van der Waals surface area contributed by atoms with Crippen molar-refractivity contribution in [3.8, 4) is 5.75 Å². The van der Waals surface area contributed by atoms with E-state index in [0.717, 1.165) is 5.56 Å². The van der Waals surface area contributed by atoms with Gasteiger partial charge in [0.25, 0.3) is 0 Å². The van der Waals surface area contributed by atoms with Gasteiger partial charge in [-0.2, -0.15) is 0 Å². The first kappa shape index (κ1) is 11.3. The van der Waals surface area contributed by atoms with E-state index in [-0.39, 0.29) is 0 Å². The highest BCUT2D eigenvalue weighted by molar-refractivity contribution is 6.30. The van der Waals surface area contributed by atoms with Gasteiger partial charge in [-0.1, -0.05) is 17.7 Å². The number of ether oxygens (including phenoxy) is 1. The molecule has 78 valence electrons. The molecule has 1 aromatic carbocycles. The van der Waals surface area contributed by atoms with Crippen molar-refractivity contribution in [3.05, 3.63) is 28.8 Å². The van der Waals surface area contributed by atoms with E-state index in [1.165, 1.54) is 0 Å². The van der Waals surface area contributed by atoms with Crippen molar-refractivity contribution in [2.45, 2.75) is 19.4 Å². The van der Waals surface area contributed by atoms with Crippen LogP contribution in [0.5, 0.6) is 5.75 Å². The molecule has 0 fully saturated rings. The highest BCUT2D eigenvalue weighted by Gasteiger charge is 2.24. The first-order valence-corrected chi connectivity index (χ1v) is 4.61. The van der Waals surface area contributed by atoms with Gasteiger partial charge in [-0.05, 0) is 26.0 Å². The van der Waals surface area contributed by atoms with Crippen LogP contribution in [0.1, 0.15) is 19.4 Å². The van der Waals surface area contributed by atoms with Gasteiger partial charge in [0.2, 0.25) is 0 Å². The van der Waals surface area contributed by atoms with Crippen molar-refractivity contribution in [3.63, 3.8) is 0 Å². The molecule has 14 heavy (non-hydrogen) atoms. The standard InChI is InChI=1S/C10H14ClNO2/c1-10(2,14-12)8-5-4-7(11)6-9(8)13-3/h4-6H,12H2,1-3H3. The molecule has 0 amide bonds. The van der Waals surface area contributed by atoms with Gasteiger partial charge in [0.15, 0.2) is 0 Å². The minimum Gasteiger partial charge on any atom is -0.496 e. The Morgan fingerprint density at radius 1 is 1.36 bits per heavy atom. The number of rotatable bonds is 3. The normalized spacial score (nSPS) is 11.5. The molecule has 0 atom stereocenters. The van der Waals surface area contributed by atoms with Gasteiger partial charge >= 0.3 is 0 Å². The van der Waals surface area contributed by atoms with Crippen LogP contribution < -0.4 is 10.6 Å². The molecule has 1 rings (SSSR count). The predicted octanol–water partition coefficient (Wildman–Crippen LogP) is 2.47. The Hall–Kier alpha value is -0.770. The third kappa shape index (κ3) is 2.18. The zero-order valence-electron chi connectivity index (χ0n) is 8.50. The molecule has 0 bridgehead atoms. The van der Waals surface area contributed by atoms with Crippen LogP contribution in [0.2, 0.25) is 5.02 Å². The minimum atomic E-state index is -0.587. The lowest BCUT2D eigenvalue weighted by atomic mass is 9.97. The Morgan fingerprint density at radius 3 is 2.50 bits per heavy atom. The van der Waals surface area contributed by atoms with Gasteiger partial charge in [0.1, 0.15) is 11.4 Å². The summed E-state index contributed by atoms with van der Waals surface area (Å²) in [5, 5.41) is 0.624. The first-order valence-electron chi connectivity index (χ1n) is 4.23. The third-order valence-electron chi connectivity index (χ3n) is 2.11. The largest absolute Gasteiger partial charge is 0.496 e. The zero-order valence-corrected chi connectivity index (χ0v) is 9.26. The second kappa shape index (κ2) is 4.17. The van der Waals surface area contributed by atoms with Crippen LogP contribution in [-0.4, -0.2) is 7.11 Å². The number of nitrogens with two attached hydrogens (primary N) is 1. The molecular weight excluding hydrogens is 202 g/mol. The van der Waals surface area contributed by atoms with Gasteiger partial charge in [0.05, 0.1) is 7.11 Å². The van der Waals surface area contributed by atoms with Gasteiger partial charge in [-0.15, -0.1) is 0 Å². The van der Waals surface area contributed by atoms with E-state index < -0.39 is 5.60 Å². The Balaban J connectivity index is 3.20. The average molecular weight is 216 g/mol. The van der Waals surface area contributed by atoms with Crippen molar-refractivity contribution >= 4 is 11.6 Å². The molecule has 0 spiro atoms. The summed E-state index contributed by atoms with van der Waals surface area (Å²) in [5.41, 5.74) is 0.280. The van der Waals surface area contributed by atoms with Crippen LogP contribution >= 0.6 is 11.6 Å². The fourth-order valence-corrected chi connectivity index (χ4v) is 1.39. The SMILES string of the molecule is COc1cc(Cl)ccc1C(C)(C)ON. The van der Waals surface area contributed by atoms with Crippen LogP contribution in [0.4, 0.5) is 0 Å². The summed E-state index contributed by atoms with van der Waals surface area (Å²) in [5.74, 6) is 5.89. The summed E-state index contributed by atoms with van der Waals surface area (Å²) in [6.45, 7) is 3.72. The van der Waals surface area contributed by atoms with Gasteiger partial charge in [-0.3, -0.25) is 4.84 Å². The van der Waals surface area contributed by atoms with E-state index in [0.29, 0.717) is 10.8 Å². The maximum absolute atomic E-state index is 5.84. The summed E-state index contributed by atoms with van der Waals surface area (Å²) in [6, 6.07) is 5.35. The van der Waals surface area contributed by atoms with Crippen LogP contribution in [0.3, 0.4) is 0 Å². The smallest absolute Gasteiger partial charge is 0.126 e. The van der Waals surface area contributed by atoms with Crippen molar-refractivity contribution in [2.24, 2.45) is 5.90 Å². The Bertz CT molecular complexity index is 326. The monoisotopic (exact) mass is 215 g/mol. The summed E-state index contributed by atoms with van der Waals surface area (Å²) in [6.07, 6.45) is 0. The van der Waals surface area contributed by atoms with Crippen molar-refractivity contribution in [2.75, 3.05) is 7.11 Å². The summed E-state index contributed by atoms with van der Waals surface area (Å²) in [4.78, 5) is 4.88. The van der Waals surface area contributed by atoms with E-state index in [1.807, 2.05) is 19.9 Å². The second-order valence-electron chi connectivity index (χ2n) is 3.47. The topological polar surface area (TPSA) is 44.5 Å². The Labute approximate surface area is 88.7 Å². The fourth-order valence-electron chi connectivity index (χ4n) is 1.23. The fraction of sp³-hybridized carbons (Fsp3) is 0.400. The number of hydrogen-bond donors (Lipinski definition) is 1. The predicted molar refractivity (Wildman–Crippen MR) is 56.3 cm³/mol. The third-order valence-corrected chi connectivity index (χ3v) is 2.34. The van der Waals surface area contributed by atoms with E-state index >= 15 is 0 Å². The molecule has 0 radical (unpaired) electrons. The molecule has 3 nitrogen and oxygen atoms in total. The molecule has 0 aliphatic carbocycles. The molecule has 0 unspecified atom stereocenters. The Kier molecular flexibility index (Phi) is 3.37. The van der Waals surface area contributed by atoms with Crippen molar-refractivity contribution < 1.29 is 9.57 Å². The van der Waals surface area contributed by atoms with Crippen molar-refractivity contribution in [1.82, 2.24) is 0 Å². The van der Waals surface area contributed by atoms with Gasteiger partial charge < -0.3 is 4.74 Å². The molecule has 0 aliphatic rings. The molecule has 0 saturated carbocycles. The second-order valence-corrected chi connectivity index (χ2v) is 3.91. The maximum atomic E-state index is 5.84. The lowest BCUT2D eigenvalue weighted by molar-refractivity contribution is -0.0250. The van der Waals surface area contributed by atoms with Crippen LogP contribution in [0.25, 0.3) is 0 Å². The minimum absolute atomic E-state index is 0.587. The molecule has 0 aliphatic heterocycles. The van der Waals surface area contributed by atoms with E-state index in [1.54, 1.807) is 19.2 Å². The summed E-state index contributed by atoms with van der Waals surface area (Å²) in [7, 11) is 1.59. The van der Waals surface area contributed by atoms with Crippen LogP contribution in [-0.2, 0) is 10.4 Å². The summed E-state index contributed by atoms with van der Waals surface area (Å²) >= 11 is 5.84. The van der Waals surface area contributed by atoms with E-state index in [9.17, 15) is 0 Å². The van der Waals surface area contributed by atoms with Crippen LogP contribution in [0, 0.1) is 0 Å². The number of benzene rings is 1. The van der Waals surface area contributed by atoms with Crippen molar-refractivity contribution in [1.29, 1.82) is 0 Å². The average Bonchev–Trinajstić information content (AvgIpc) is 2.17. The molecule has 0 saturated heterocycles. The molecule has 1 aromatic rings. The first-order chi connectivity index (χ1) is 6.51. The molecule has 0 heterocycles. The van der Waals surface area contributed by atoms with Gasteiger partial charge in [0, 0.05) is 10.6 Å². The maximum Gasteiger partial charge on any atom is 0.126 e. The van der Waals surface area contributed by atoms with Crippen LogP contribution in [0.15, 0.2) is 18.2 Å². The quantitative estimate of drug-likeness (QED) is 0.788. The Morgan fingerprint density at radius 2 is 2.00 bits per heavy atom. The molecule has 4 heteroatoms. The highest BCUT2D eigenvalue weighted by Crippen LogP contribution is 2.33. The summed E-state index contributed by atoms with van der Waals surface area (Å²) < 4.78 is 5.19. The number of halogens is 1. The van der Waals surface area contributed by atoms with E-state index in [4.69, 9.17) is 27.1 Å². The number of methoxy groups -OCH3 is 1. The zero-order chi connectivity index (χ0) is 10.8. The van der Waals surface area contributed by atoms with Gasteiger partial charge in [-0.25, -0.2) is 5.90 Å². The lowest BCUT2D eigenvalue weighted by Crippen LogP contribution is -2.25. The molecular formula is C10H14ClNO2. The lowest BCUT2D eigenvalue weighted by Gasteiger charge is -2.24. The number of hydrogen-bond acceptors (Lipinski definition) is 3. The van der Waals surface area contributed by atoms with E-state index in [2.05, 4.69) is 0 Å². The molecule has 0 aromatic heterocycles. The highest BCUT2D eigenvalue weighted by atomic mass is 35.5. The molecule has 2 N–H and O–H groups in total.